The summed E-state index contributed by atoms with van der Waals surface area (Å²) in [6.07, 6.45) is -0.712. The maximum absolute atomic E-state index is 12.9. The molecule has 0 aromatic heterocycles. The first-order valence-corrected chi connectivity index (χ1v) is 10.1. The Kier molecular flexibility index (Phi) is 9.85. The number of benzene rings is 1. The predicted octanol–water partition coefficient (Wildman–Crippen LogP) is 1.33. The van der Waals surface area contributed by atoms with Gasteiger partial charge >= 0.3 is 6.09 Å². The Balaban J connectivity index is 3.12. The third kappa shape index (κ3) is 9.16. The van der Waals surface area contributed by atoms with Gasteiger partial charge < -0.3 is 26.7 Å². The van der Waals surface area contributed by atoms with Gasteiger partial charge in [0.15, 0.2) is 10.9 Å². The molecule has 1 unspecified atom stereocenters. The molecule has 1 aromatic carbocycles. The summed E-state index contributed by atoms with van der Waals surface area (Å²) in [5.41, 5.74) is 16.8. The Morgan fingerprint density at radius 1 is 1.19 bits per heavy atom. The van der Waals surface area contributed by atoms with Crippen LogP contribution >= 0.6 is 0 Å². The van der Waals surface area contributed by atoms with E-state index in [0.29, 0.717) is 17.9 Å². The predicted molar refractivity (Wildman–Crippen MR) is 118 cm³/mol. The van der Waals surface area contributed by atoms with Gasteiger partial charge in [-0.15, -0.1) is 0 Å². The highest BCUT2D eigenvalue weighted by Gasteiger charge is 2.32. The van der Waals surface area contributed by atoms with E-state index in [1.165, 1.54) is 4.90 Å². The Hall–Kier alpha value is -3.41. The van der Waals surface area contributed by atoms with Gasteiger partial charge in [-0.05, 0) is 58.2 Å². The number of hydrazone groups is 1. The van der Waals surface area contributed by atoms with Crippen LogP contribution in [0.2, 0.25) is 0 Å². The molecule has 0 saturated heterocycles. The minimum atomic E-state index is -1.09. The Bertz CT molecular complexity index is 821. The smallest absolute Gasteiger partial charge is 0.411 e. The van der Waals surface area contributed by atoms with Gasteiger partial charge in [-0.1, -0.05) is 12.1 Å². The van der Waals surface area contributed by atoms with Crippen molar-refractivity contribution in [3.63, 3.8) is 0 Å². The number of amidine groups is 1. The second-order valence-corrected chi connectivity index (χ2v) is 8.05. The number of primary amides is 1. The van der Waals surface area contributed by atoms with Crippen molar-refractivity contribution in [1.82, 2.24) is 4.90 Å². The van der Waals surface area contributed by atoms with Gasteiger partial charge in [0.2, 0.25) is 5.91 Å². The lowest BCUT2D eigenvalue weighted by atomic mass is 10.0. The number of nitrogens with two attached hydrogens (primary N) is 3. The highest BCUT2D eigenvalue weighted by atomic mass is 16.7. The third-order valence-corrected chi connectivity index (χ3v) is 4.25. The largest absolute Gasteiger partial charge is 0.494 e. The van der Waals surface area contributed by atoms with Gasteiger partial charge in [0.25, 0.3) is 0 Å². The average molecular weight is 453 g/mol. The van der Waals surface area contributed by atoms with Crippen LogP contribution in [-0.4, -0.2) is 52.1 Å². The Morgan fingerprint density at radius 2 is 1.78 bits per heavy atom. The molecule has 2 atom stereocenters. The fourth-order valence-corrected chi connectivity index (χ4v) is 2.78. The van der Waals surface area contributed by atoms with Crippen molar-refractivity contribution in [2.45, 2.75) is 64.8 Å². The maximum atomic E-state index is 12.9. The molecule has 0 saturated carbocycles. The van der Waals surface area contributed by atoms with Crippen molar-refractivity contribution in [3.05, 3.63) is 39.9 Å². The number of amides is 2. The van der Waals surface area contributed by atoms with Crippen molar-refractivity contribution in [3.8, 4) is 5.75 Å². The molecule has 0 fully saturated rings. The standard InChI is InChI=1S/C20H32N6O6/c1-5-31-14-8-6-13(7-9-14)12-25(19(28)32-20(2,3)4)16(18(23)27)11-10-15(21)17(22)24-26(29)30/h6-9,15-16H,5,10-12,21H2,1-4H3,(H2,22,24)(H2,23,27)/t15?,16-/m0/s1. The number of carbonyl (C=O) groups excluding carboxylic acids is 2. The molecule has 0 aliphatic heterocycles. The molecular formula is C20H32N6O6. The number of hydrogen-bond acceptors (Lipinski definition) is 7. The van der Waals surface area contributed by atoms with Crippen LogP contribution in [0.4, 0.5) is 4.79 Å². The third-order valence-electron chi connectivity index (χ3n) is 4.25. The van der Waals surface area contributed by atoms with Gasteiger partial charge in [-0.25, -0.2) is 14.9 Å². The van der Waals surface area contributed by atoms with Crippen LogP contribution < -0.4 is 21.9 Å². The van der Waals surface area contributed by atoms with Gasteiger partial charge in [0, 0.05) is 6.54 Å². The van der Waals surface area contributed by atoms with E-state index >= 15 is 0 Å². The minimum absolute atomic E-state index is 0.000701. The number of rotatable bonds is 11. The van der Waals surface area contributed by atoms with Crippen LogP contribution in [0.15, 0.2) is 29.4 Å². The molecular weight excluding hydrogens is 420 g/mol. The molecule has 0 spiro atoms. The molecule has 0 radical (unpaired) electrons. The quantitative estimate of drug-likeness (QED) is 0.194. The summed E-state index contributed by atoms with van der Waals surface area (Å²) >= 11 is 0. The first kappa shape index (κ1) is 26.6. The van der Waals surface area contributed by atoms with Crippen LogP contribution in [0, 0.1) is 10.1 Å². The van der Waals surface area contributed by atoms with E-state index < -0.39 is 40.6 Å². The Labute approximate surface area is 186 Å². The number of ether oxygens (including phenoxy) is 2. The minimum Gasteiger partial charge on any atom is -0.494 e. The summed E-state index contributed by atoms with van der Waals surface area (Å²) in [7, 11) is 0. The molecule has 0 aliphatic rings. The van der Waals surface area contributed by atoms with E-state index in [1.54, 1.807) is 45.0 Å². The Morgan fingerprint density at radius 3 is 2.25 bits per heavy atom. The van der Waals surface area contributed by atoms with E-state index in [0.717, 1.165) is 0 Å². The van der Waals surface area contributed by atoms with E-state index in [9.17, 15) is 19.7 Å². The van der Waals surface area contributed by atoms with Gasteiger partial charge in [-0.3, -0.25) is 9.69 Å². The lowest BCUT2D eigenvalue weighted by molar-refractivity contribution is -0.485. The van der Waals surface area contributed by atoms with Gasteiger partial charge in [0.1, 0.15) is 17.4 Å². The van der Waals surface area contributed by atoms with Crippen LogP contribution in [0.3, 0.4) is 0 Å². The lowest BCUT2D eigenvalue weighted by Gasteiger charge is -2.32. The normalized spacial score (nSPS) is 13.7. The molecule has 1 rings (SSSR count). The second-order valence-electron chi connectivity index (χ2n) is 8.05. The second kappa shape index (κ2) is 11.8. The first-order valence-electron chi connectivity index (χ1n) is 10.1. The van der Waals surface area contributed by atoms with E-state index in [-0.39, 0.29) is 19.4 Å². The molecule has 6 N–H and O–H groups in total. The summed E-state index contributed by atoms with van der Waals surface area (Å²) in [5, 5.41) is 12.5. The topological polar surface area (TPSA) is 189 Å². The molecule has 1 aromatic rings. The molecule has 12 heteroatoms. The summed E-state index contributed by atoms with van der Waals surface area (Å²) < 4.78 is 10.9. The van der Waals surface area contributed by atoms with E-state index in [4.69, 9.17) is 26.7 Å². The number of hydrogen-bond donors (Lipinski definition) is 3. The number of nitrogens with zero attached hydrogens (tertiary/aromatic N) is 3. The van der Waals surface area contributed by atoms with E-state index in [2.05, 4.69) is 5.10 Å². The molecule has 178 valence electrons. The summed E-state index contributed by atoms with van der Waals surface area (Å²) in [5.74, 6) is -0.509. The van der Waals surface area contributed by atoms with Crippen LogP contribution in [0.1, 0.15) is 46.1 Å². The molecule has 0 bridgehead atoms. The van der Waals surface area contributed by atoms with Crippen molar-refractivity contribution in [2.24, 2.45) is 22.3 Å². The molecule has 12 nitrogen and oxygen atoms in total. The summed E-state index contributed by atoms with van der Waals surface area (Å²) in [6, 6.07) is 4.92. The molecule has 0 heterocycles. The molecule has 2 amide bonds. The number of carbonyl (C=O) groups is 2. The molecule has 32 heavy (non-hydrogen) atoms. The highest BCUT2D eigenvalue weighted by Crippen LogP contribution is 2.20. The zero-order chi connectivity index (χ0) is 24.5. The van der Waals surface area contributed by atoms with Crippen LogP contribution in [0.25, 0.3) is 0 Å². The van der Waals surface area contributed by atoms with Crippen molar-refractivity contribution in [1.29, 1.82) is 0 Å². The van der Waals surface area contributed by atoms with Gasteiger partial charge in [-0.2, -0.15) is 0 Å². The SMILES string of the molecule is CCOc1ccc(CN(C(=O)OC(C)(C)C)[C@@H](CCC(N)C(N)=N[N+](=O)[O-])C(N)=O)cc1. The number of nitro groups is 1. The van der Waals surface area contributed by atoms with Crippen molar-refractivity contribution < 1.29 is 24.1 Å². The fourth-order valence-electron chi connectivity index (χ4n) is 2.78. The van der Waals surface area contributed by atoms with E-state index in [1.807, 2.05) is 6.92 Å². The highest BCUT2D eigenvalue weighted by molar-refractivity contribution is 5.86. The maximum Gasteiger partial charge on any atom is 0.411 e. The summed E-state index contributed by atoms with van der Waals surface area (Å²) in [6.45, 7) is 7.50. The van der Waals surface area contributed by atoms with Crippen LogP contribution in [0.5, 0.6) is 5.75 Å². The zero-order valence-electron chi connectivity index (χ0n) is 18.8. The lowest BCUT2D eigenvalue weighted by Crippen LogP contribution is -2.50. The fraction of sp³-hybridized carbons (Fsp3) is 0.550. The monoisotopic (exact) mass is 452 g/mol. The van der Waals surface area contributed by atoms with Crippen LogP contribution in [-0.2, 0) is 16.1 Å². The first-order chi connectivity index (χ1) is 14.8. The average Bonchev–Trinajstić information content (AvgIpc) is 2.66. The molecule has 0 aliphatic carbocycles. The van der Waals surface area contributed by atoms with Crippen molar-refractivity contribution >= 4 is 17.8 Å². The summed E-state index contributed by atoms with van der Waals surface area (Å²) in [4.78, 5) is 36.8. The zero-order valence-corrected chi connectivity index (χ0v) is 18.8. The van der Waals surface area contributed by atoms with Crippen molar-refractivity contribution in [2.75, 3.05) is 6.61 Å². The van der Waals surface area contributed by atoms with Gasteiger partial charge in [0.05, 0.1) is 17.8 Å².